The molecule has 0 radical (unpaired) electrons. The van der Waals surface area contributed by atoms with Gasteiger partial charge in [-0.3, -0.25) is 9.59 Å². The van der Waals surface area contributed by atoms with Crippen LogP contribution in [0, 0.1) is 0 Å². The normalized spacial score (nSPS) is 10.9. The van der Waals surface area contributed by atoms with Gasteiger partial charge in [0.15, 0.2) is 11.6 Å². The molecule has 132 valence electrons. The number of carbonyl (C=O) groups is 2. The largest absolute Gasteiger partial charge is 0.293 e. The smallest absolute Gasteiger partial charge is 0.196 e. The molecule has 0 saturated heterocycles. The van der Waals surface area contributed by atoms with Gasteiger partial charge in [-0.1, -0.05) is 52.3 Å². The van der Waals surface area contributed by atoms with Gasteiger partial charge in [0.05, 0.1) is 11.3 Å². The maximum Gasteiger partial charge on any atom is 0.196 e. The van der Waals surface area contributed by atoms with Crippen molar-refractivity contribution in [1.82, 2.24) is 9.78 Å². The number of fused-ring (bicyclic) bond motifs is 1. The van der Waals surface area contributed by atoms with Gasteiger partial charge in [0.25, 0.3) is 0 Å². The van der Waals surface area contributed by atoms with Crippen LogP contribution in [-0.4, -0.2) is 21.3 Å². The summed E-state index contributed by atoms with van der Waals surface area (Å²) in [5, 5.41) is 6.39. The number of carbonyl (C=O) groups excluding carboxylic acids is 2. The number of rotatable bonds is 4. The number of ketones is 2. The zero-order valence-electron chi connectivity index (χ0n) is 14.5. The molecular weight excluding hydrogens is 404 g/mol. The van der Waals surface area contributed by atoms with E-state index < -0.39 is 0 Å². The molecule has 0 aliphatic carbocycles. The number of hydrogen-bond donors (Lipinski definition) is 0. The lowest BCUT2D eigenvalue weighted by atomic mass is 9.99. The van der Waals surface area contributed by atoms with Crippen LogP contribution in [0.25, 0.3) is 16.5 Å². The summed E-state index contributed by atoms with van der Waals surface area (Å²) in [6.07, 6.45) is 1.62. The Bertz CT molecular complexity index is 1180. The molecule has 4 rings (SSSR count). The summed E-state index contributed by atoms with van der Waals surface area (Å²) in [6, 6.07) is 20.9. The number of halogens is 1. The van der Waals surface area contributed by atoms with E-state index in [9.17, 15) is 9.59 Å². The first kappa shape index (κ1) is 17.4. The van der Waals surface area contributed by atoms with Gasteiger partial charge >= 0.3 is 0 Å². The van der Waals surface area contributed by atoms with Crippen LogP contribution in [0.2, 0.25) is 0 Å². The third-order valence-electron chi connectivity index (χ3n) is 4.40. The molecule has 3 aromatic carbocycles. The van der Waals surface area contributed by atoms with Crippen molar-refractivity contribution >= 4 is 38.3 Å². The Kier molecular flexibility index (Phi) is 4.46. The number of aromatic nitrogens is 2. The second kappa shape index (κ2) is 6.93. The molecule has 0 N–H and O–H groups in total. The molecule has 0 saturated carbocycles. The minimum Gasteiger partial charge on any atom is -0.293 e. The van der Waals surface area contributed by atoms with E-state index in [0.29, 0.717) is 11.1 Å². The van der Waals surface area contributed by atoms with Gasteiger partial charge in [-0.05, 0) is 41.1 Å². The maximum atomic E-state index is 13.1. The molecular formula is C22H15BrN2O2. The lowest BCUT2D eigenvalue weighted by Gasteiger charge is -2.03. The van der Waals surface area contributed by atoms with E-state index in [-0.39, 0.29) is 17.3 Å². The van der Waals surface area contributed by atoms with E-state index in [4.69, 9.17) is 0 Å². The van der Waals surface area contributed by atoms with Gasteiger partial charge in [-0.2, -0.15) is 5.10 Å². The molecule has 27 heavy (non-hydrogen) atoms. The summed E-state index contributed by atoms with van der Waals surface area (Å²) < 4.78 is 2.51. The zero-order chi connectivity index (χ0) is 19.0. The third kappa shape index (κ3) is 3.34. The Labute approximate surface area is 164 Å². The molecule has 0 bridgehead atoms. The Morgan fingerprint density at radius 3 is 2.33 bits per heavy atom. The average Bonchev–Trinajstić information content (AvgIpc) is 3.13. The molecule has 1 heterocycles. The molecule has 0 amide bonds. The summed E-state index contributed by atoms with van der Waals surface area (Å²) in [5.41, 5.74) is 1.79. The highest BCUT2D eigenvalue weighted by atomic mass is 79.9. The van der Waals surface area contributed by atoms with Gasteiger partial charge in [0.2, 0.25) is 0 Å². The fourth-order valence-electron chi connectivity index (χ4n) is 3.01. The summed E-state index contributed by atoms with van der Waals surface area (Å²) in [7, 11) is 0. The molecule has 0 fully saturated rings. The van der Waals surface area contributed by atoms with E-state index in [1.165, 1.54) is 6.92 Å². The fourth-order valence-corrected chi connectivity index (χ4v) is 3.28. The van der Waals surface area contributed by atoms with Crippen LogP contribution >= 0.6 is 15.9 Å². The first-order valence-corrected chi connectivity index (χ1v) is 9.22. The number of hydrogen-bond acceptors (Lipinski definition) is 3. The van der Waals surface area contributed by atoms with Crippen molar-refractivity contribution < 1.29 is 9.59 Å². The van der Waals surface area contributed by atoms with E-state index >= 15 is 0 Å². The van der Waals surface area contributed by atoms with Crippen LogP contribution in [0.5, 0.6) is 0 Å². The van der Waals surface area contributed by atoms with Crippen LogP contribution in [0.1, 0.15) is 33.3 Å². The highest BCUT2D eigenvalue weighted by Gasteiger charge is 2.21. The maximum absolute atomic E-state index is 13.1. The Hall–Kier alpha value is -3.05. The van der Waals surface area contributed by atoms with Crippen molar-refractivity contribution in [3.8, 4) is 5.69 Å². The minimum atomic E-state index is -0.241. The number of Topliss-reactive ketones (excluding diaryl/α,β-unsaturated/α-hetero) is 1. The van der Waals surface area contributed by atoms with Gasteiger partial charge < -0.3 is 0 Å². The van der Waals surface area contributed by atoms with E-state index in [2.05, 4.69) is 21.0 Å². The van der Waals surface area contributed by atoms with Gasteiger partial charge in [0.1, 0.15) is 5.69 Å². The van der Waals surface area contributed by atoms with Gasteiger partial charge in [-0.15, -0.1) is 0 Å². The lowest BCUT2D eigenvalue weighted by Crippen LogP contribution is -2.06. The van der Waals surface area contributed by atoms with Crippen LogP contribution in [0.3, 0.4) is 0 Å². The predicted molar refractivity (Wildman–Crippen MR) is 109 cm³/mol. The topological polar surface area (TPSA) is 52.0 Å². The summed E-state index contributed by atoms with van der Waals surface area (Å²) in [4.78, 5) is 25.2. The first-order chi connectivity index (χ1) is 13.0. The molecule has 0 spiro atoms. The number of nitrogens with zero attached hydrogens (tertiary/aromatic N) is 2. The molecule has 0 aliphatic heterocycles. The van der Waals surface area contributed by atoms with Crippen molar-refractivity contribution in [2.75, 3.05) is 0 Å². The third-order valence-corrected chi connectivity index (χ3v) is 4.92. The Morgan fingerprint density at radius 2 is 1.63 bits per heavy atom. The number of benzene rings is 3. The molecule has 0 aliphatic rings. The second-order valence-corrected chi connectivity index (χ2v) is 7.18. The lowest BCUT2D eigenvalue weighted by molar-refractivity contribution is 0.0987. The standard InChI is InChI=1S/C22H15BrN2O2/c1-14(26)21-20(13-25(24-21)19-10-8-18(23)9-11-19)22(27)17-7-6-15-4-2-3-5-16(15)12-17/h2-13H,1H3. The first-order valence-electron chi connectivity index (χ1n) is 8.43. The highest BCUT2D eigenvalue weighted by molar-refractivity contribution is 9.10. The van der Waals surface area contributed by atoms with Crippen molar-refractivity contribution in [2.45, 2.75) is 6.92 Å². The van der Waals surface area contributed by atoms with Crippen LogP contribution < -0.4 is 0 Å². The Balaban J connectivity index is 1.80. The summed E-state index contributed by atoms with van der Waals surface area (Å²) in [5.74, 6) is -0.454. The fraction of sp³-hybridized carbons (Fsp3) is 0.0455. The van der Waals surface area contributed by atoms with Crippen molar-refractivity contribution in [3.63, 3.8) is 0 Å². The van der Waals surface area contributed by atoms with Gasteiger partial charge in [0, 0.05) is 23.2 Å². The van der Waals surface area contributed by atoms with Crippen molar-refractivity contribution in [3.05, 3.63) is 94.2 Å². The second-order valence-electron chi connectivity index (χ2n) is 6.26. The Morgan fingerprint density at radius 1 is 0.926 bits per heavy atom. The van der Waals surface area contributed by atoms with Crippen molar-refractivity contribution in [1.29, 1.82) is 0 Å². The monoisotopic (exact) mass is 418 g/mol. The molecule has 5 heteroatoms. The average molecular weight is 419 g/mol. The zero-order valence-corrected chi connectivity index (χ0v) is 16.1. The highest BCUT2D eigenvalue weighted by Crippen LogP contribution is 2.22. The SMILES string of the molecule is CC(=O)c1nn(-c2ccc(Br)cc2)cc1C(=O)c1ccc2ccccc2c1. The van der Waals surface area contributed by atoms with Crippen LogP contribution in [0.15, 0.2) is 77.4 Å². The van der Waals surface area contributed by atoms with Gasteiger partial charge in [-0.25, -0.2) is 4.68 Å². The minimum absolute atomic E-state index is 0.177. The quantitative estimate of drug-likeness (QED) is 0.426. The summed E-state index contributed by atoms with van der Waals surface area (Å²) in [6.45, 7) is 1.42. The van der Waals surface area contributed by atoms with E-state index in [0.717, 1.165) is 20.9 Å². The van der Waals surface area contributed by atoms with E-state index in [1.807, 2.05) is 60.7 Å². The van der Waals surface area contributed by atoms with E-state index in [1.54, 1.807) is 16.9 Å². The molecule has 0 unspecified atom stereocenters. The molecule has 0 atom stereocenters. The van der Waals surface area contributed by atoms with Crippen LogP contribution in [-0.2, 0) is 0 Å². The molecule has 4 nitrogen and oxygen atoms in total. The predicted octanol–water partition coefficient (Wildman–Crippen LogP) is 5.22. The van der Waals surface area contributed by atoms with Crippen molar-refractivity contribution in [2.24, 2.45) is 0 Å². The molecule has 4 aromatic rings. The summed E-state index contributed by atoms with van der Waals surface area (Å²) >= 11 is 3.40. The molecule has 1 aromatic heterocycles. The van der Waals surface area contributed by atoms with Crippen LogP contribution in [0.4, 0.5) is 0 Å².